The number of aromatic nitrogens is 5. The molecule has 2 rings (SSSR count). The first kappa shape index (κ1) is 12.9. The zero-order valence-corrected chi connectivity index (χ0v) is 9.79. The van der Waals surface area contributed by atoms with Gasteiger partial charge in [0, 0.05) is 25.4 Å². The van der Waals surface area contributed by atoms with Gasteiger partial charge in [-0.2, -0.15) is 23.7 Å². The lowest BCUT2D eigenvalue weighted by Crippen LogP contribution is -2.14. The van der Waals surface area contributed by atoms with Crippen LogP contribution in [0.1, 0.15) is 12.4 Å². The van der Waals surface area contributed by atoms with Crippen molar-refractivity contribution in [1.29, 1.82) is 0 Å². The van der Waals surface area contributed by atoms with E-state index in [-0.39, 0.29) is 30.1 Å². The molecule has 10 heteroatoms. The number of imidazole rings is 1. The van der Waals surface area contributed by atoms with Crippen LogP contribution in [0.15, 0.2) is 12.4 Å². The Kier molecular flexibility index (Phi) is 3.68. The van der Waals surface area contributed by atoms with Crippen LogP contribution in [0.25, 0.3) is 0 Å². The zero-order valence-electron chi connectivity index (χ0n) is 9.79. The van der Waals surface area contributed by atoms with Gasteiger partial charge in [0.15, 0.2) is 0 Å². The van der Waals surface area contributed by atoms with Gasteiger partial charge in [-0.3, -0.25) is 4.57 Å². The number of rotatable bonds is 5. The molecule has 0 bridgehead atoms. The molecule has 5 N–H and O–H groups in total. The van der Waals surface area contributed by atoms with E-state index >= 15 is 0 Å². The summed E-state index contributed by atoms with van der Waals surface area (Å²) in [6.07, 6.45) is 2.82. The summed E-state index contributed by atoms with van der Waals surface area (Å²) in [5, 5.41) is 2.81. The van der Waals surface area contributed by atoms with Crippen molar-refractivity contribution in [2.75, 3.05) is 23.3 Å². The molecule has 0 radical (unpaired) electrons. The van der Waals surface area contributed by atoms with Crippen molar-refractivity contribution in [1.82, 2.24) is 24.5 Å². The van der Waals surface area contributed by atoms with Crippen molar-refractivity contribution < 1.29 is 8.78 Å². The summed E-state index contributed by atoms with van der Waals surface area (Å²) < 4.78 is 25.9. The molecule has 19 heavy (non-hydrogen) atoms. The molecular formula is C9H12F2N8. The highest BCUT2D eigenvalue weighted by Gasteiger charge is 2.11. The Hall–Kier alpha value is -2.52. The van der Waals surface area contributed by atoms with Crippen LogP contribution in [0.2, 0.25) is 0 Å². The third kappa shape index (κ3) is 3.24. The molecule has 0 saturated carbocycles. The molecule has 0 aliphatic rings. The summed E-state index contributed by atoms with van der Waals surface area (Å²) in [4.78, 5) is 15.1. The summed E-state index contributed by atoms with van der Waals surface area (Å²) in [5.74, 6) is 0.436. The molecule has 8 nitrogen and oxygen atoms in total. The highest BCUT2D eigenvalue weighted by atomic mass is 19.3. The maximum Gasteiger partial charge on any atom is 0.319 e. The van der Waals surface area contributed by atoms with Gasteiger partial charge in [0.1, 0.15) is 5.82 Å². The molecule has 0 unspecified atom stereocenters. The van der Waals surface area contributed by atoms with Gasteiger partial charge in [0.25, 0.3) is 0 Å². The van der Waals surface area contributed by atoms with E-state index in [2.05, 4.69) is 25.3 Å². The molecule has 0 atom stereocenters. The molecule has 2 aromatic rings. The summed E-state index contributed by atoms with van der Waals surface area (Å²) in [5.41, 5.74) is 10.8. The fourth-order valence-corrected chi connectivity index (χ4v) is 1.49. The van der Waals surface area contributed by atoms with E-state index < -0.39 is 6.55 Å². The highest BCUT2D eigenvalue weighted by Crippen LogP contribution is 2.12. The maximum atomic E-state index is 12.6. The quantitative estimate of drug-likeness (QED) is 0.713. The Morgan fingerprint density at radius 1 is 1.21 bits per heavy atom. The molecule has 0 aromatic carbocycles. The molecular weight excluding hydrogens is 258 g/mol. The smallest absolute Gasteiger partial charge is 0.319 e. The predicted octanol–water partition coefficient (Wildman–Crippen LogP) is 0.282. The van der Waals surface area contributed by atoms with Crippen LogP contribution >= 0.6 is 0 Å². The van der Waals surface area contributed by atoms with Gasteiger partial charge in [-0.15, -0.1) is 0 Å². The number of hydrogen-bond donors (Lipinski definition) is 3. The average Bonchev–Trinajstić information content (AvgIpc) is 2.76. The van der Waals surface area contributed by atoms with Crippen molar-refractivity contribution in [2.24, 2.45) is 0 Å². The highest BCUT2D eigenvalue weighted by molar-refractivity contribution is 5.36. The third-order valence-corrected chi connectivity index (χ3v) is 2.26. The fraction of sp³-hybridized carbons (Fsp3) is 0.333. The predicted molar refractivity (Wildman–Crippen MR) is 64.3 cm³/mol. The summed E-state index contributed by atoms with van der Waals surface area (Å²) in [6, 6.07) is 0. The van der Waals surface area contributed by atoms with E-state index in [0.717, 1.165) is 4.57 Å². The number of nitrogens with two attached hydrogens (primary N) is 2. The lowest BCUT2D eigenvalue weighted by Gasteiger charge is -2.07. The minimum Gasteiger partial charge on any atom is -0.368 e. The van der Waals surface area contributed by atoms with E-state index in [9.17, 15) is 8.78 Å². The molecule has 0 aliphatic carbocycles. The van der Waals surface area contributed by atoms with E-state index in [1.807, 2.05) is 0 Å². The van der Waals surface area contributed by atoms with Gasteiger partial charge in [-0.25, -0.2) is 4.98 Å². The lowest BCUT2D eigenvalue weighted by atomic mass is 10.4. The normalized spacial score (nSPS) is 10.9. The zero-order chi connectivity index (χ0) is 13.8. The Balaban J connectivity index is 1.94. The number of anilines is 3. The first-order valence-corrected chi connectivity index (χ1v) is 5.37. The van der Waals surface area contributed by atoms with E-state index in [1.54, 1.807) is 0 Å². The van der Waals surface area contributed by atoms with Crippen LogP contribution in [-0.2, 0) is 6.42 Å². The molecule has 0 fully saturated rings. The maximum absolute atomic E-state index is 12.6. The van der Waals surface area contributed by atoms with Gasteiger partial charge in [-0.1, -0.05) is 0 Å². The molecule has 2 aromatic heterocycles. The van der Waals surface area contributed by atoms with E-state index in [1.165, 1.54) is 12.4 Å². The third-order valence-electron chi connectivity index (χ3n) is 2.26. The van der Waals surface area contributed by atoms with Crippen LogP contribution in [0.5, 0.6) is 0 Å². The van der Waals surface area contributed by atoms with Crippen molar-refractivity contribution in [3.05, 3.63) is 18.2 Å². The molecule has 0 aliphatic heterocycles. The Morgan fingerprint density at radius 3 is 2.53 bits per heavy atom. The summed E-state index contributed by atoms with van der Waals surface area (Å²) in [6.45, 7) is -2.30. The SMILES string of the molecule is Nc1nc(N)nc(NCCc2nccn2C(F)F)n1. The van der Waals surface area contributed by atoms with Gasteiger partial charge in [0.2, 0.25) is 17.8 Å². The second-order valence-corrected chi connectivity index (χ2v) is 3.58. The minimum atomic E-state index is -2.61. The number of nitrogens with zero attached hydrogens (tertiary/aromatic N) is 5. The van der Waals surface area contributed by atoms with E-state index in [0.29, 0.717) is 6.54 Å². The van der Waals surface area contributed by atoms with Gasteiger partial charge in [0.05, 0.1) is 0 Å². The van der Waals surface area contributed by atoms with Crippen molar-refractivity contribution in [3.8, 4) is 0 Å². The first-order valence-electron chi connectivity index (χ1n) is 5.37. The second-order valence-electron chi connectivity index (χ2n) is 3.58. The topological polar surface area (TPSA) is 121 Å². The molecule has 0 saturated heterocycles. The number of halogens is 2. The molecule has 2 heterocycles. The van der Waals surface area contributed by atoms with Crippen molar-refractivity contribution in [3.63, 3.8) is 0 Å². The number of nitrogen functional groups attached to an aromatic ring is 2. The van der Waals surface area contributed by atoms with Crippen LogP contribution in [0.4, 0.5) is 26.6 Å². The van der Waals surface area contributed by atoms with Gasteiger partial charge >= 0.3 is 6.55 Å². The Morgan fingerprint density at radius 2 is 1.89 bits per heavy atom. The number of alkyl halides is 2. The van der Waals surface area contributed by atoms with E-state index in [4.69, 9.17) is 11.5 Å². The van der Waals surface area contributed by atoms with Crippen molar-refractivity contribution >= 4 is 17.8 Å². The molecule has 0 spiro atoms. The fourth-order valence-electron chi connectivity index (χ4n) is 1.49. The van der Waals surface area contributed by atoms with Gasteiger partial charge < -0.3 is 16.8 Å². The van der Waals surface area contributed by atoms with Crippen LogP contribution in [-0.4, -0.2) is 31.0 Å². The Labute approximate surface area is 106 Å². The van der Waals surface area contributed by atoms with Gasteiger partial charge in [-0.05, 0) is 0 Å². The van der Waals surface area contributed by atoms with Crippen LogP contribution in [0.3, 0.4) is 0 Å². The largest absolute Gasteiger partial charge is 0.368 e. The standard InChI is InChI=1S/C9H12F2N8/c10-6(11)19-4-3-14-5(19)1-2-15-9-17-7(12)16-8(13)18-9/h3-4,6H,1-2H2,(H5,12,13,15,16,17,18). The Bertz CT molecular complexity index is 535. The van der Waals surface area contributed by atoms with Crippen LogP contribution < -0.4 is 16.8 Å². The monoisotopic (exact) mass is 270 g/mol. The summed E-state index contributed by atoms with van der Waals surface area (Å²) >= 11 is 0. The molecule has 0 amide bonds. The lowest BCUT2D eigenvalue weighted by molar-refractivity contribution is 0.0671. The van der Waals surface area contributed by atoms with Crippen LogP contribution in [0, 0.1) is 0 Å². The number of nitrogens with one attached hydrogen (secondary N) is 1. The summed E-state index contributed by atoms with van der Waals surface area (Å²) in [7, 11) is 0. The average molecular weight is 270 g/mol. The second kappa shape index (κ2) is 5.42. The number of hydrogen-bond acceptors (Lipinski definition) is 7. The van der Waals surface area contributed by atoms with Crippen molar-refractivity contribution in [2.45, 2.75) is 13.0 Å². The minimum absolute atomic E-state index is 0.0101. The first-order chi connectivity index (χ1) is 9.06. The molecule has 102 valence electrons.